The number of nitrogens with zero attached hydrogens (tertiary/aromatic N) is 2. The van der Waals surface area contributed by atoms with E-state index in [2.05, 4.69) is 40.6 Å². The molecular weight excluding hydrogens is 210 g/mol. The van der Waals surface area contributed by atoms with E-state index in [1.807, 2.05) is 24.1 Å². The summed E-state index contributed by atoms with van der Waals surface area (Å²) in [4.78, 5) is 4.09. The first-order valence-corrected chi connectivity index (χ1v) is 6.06. The maximum atomic E-state index is 4.09. The highest BCUT2D eigenvalue weighted by Crippen LogP contribution is 2.01. The van der Waals surface area contributed by atoms with Crippen molar-refractivity contribution in [2.24, 2.45) is 7.05 Å². The Morgan fingerprint density at radius 3 is 2.76 bits per heavy atom. The maximum Gasteiger partial charge on any atom is 0.0945 e. The van der Waals surface area contributed by atoms with E-state index >= 15 is 0 Å². The van der Waals surface area contributed by atoms with Crippen LogP contribution in [0.2, 0.25) is 0 Å². The first kappa shape index (κ1) is 11.9. The Morgan fingerprint density at radius 1 is 1.24 bits per heavy atom. The molecule has 1 aromatic carbocycles. The molecule has 0 unspecified atom stereocenters. The topological polar surface area (TPSA) is 29.9 Å². The van der Waals surface area contributed by atoms with Gasteiger partial charge >= 0.3 is 0 Å². The van der Waals surface area contributed by atoms with Gasteiger partial charge in [-0.25, -0.2) is 4.98 Å². The van der Waals surface area contributed by atoms with Gasteiger partial charge in [0.15, 0.2) is 0 Å². The van der Waals surface area contributed by atoms with Gasteiger partial charge in [0, 0.05) is 19.8 Å². The normalized spacial score (nSPS) is 10.6. The Labute approximate surface area is 103 Å². The smallest absolute Gasteiger partial charge is 0.0945 e. The molecule has 0 atom stereocenters. The molecule has 0 fully saturated rings. The van der Waals surface area contributed by atoms with Gasteiger partial charge in [-0.05, 0) is 24.9 Å². The summed E-state index contributed by atoms with van der Waals surface area (Å²) in [5.41, 5.74) is 2.64. The van der Waals surface area contributed by atoms with Crippen molar-refractivity contribution in [2.75, 3.05) is 6.54 Å². The minimum atomic E-state index is 0.894. The van der Waals surface area contributed by atoms with Crippen molar-refractivity contribution in [1.29, 1.82) is 0 Å². The van der Waals surface area contributed by atoms with Crippen molar-refractivity contribution in [1.82, 2.24) is 14.9 Å². The van der Waals surface area contributed by atoms with Gasteiger partial charge in [0.25, 0.3) is 0 Å². The molecule has 0 bridgehead atoms. The molecule has 0 radical (unpaired) electrons. The van der Waals surface area contributed by atoms with Crippen LogP contribution in [-0.2, 0) is 20.0 Å². The molecule has 0 aliphatic carbocycles. The predicted molar refractivity (Wildman–Crippen MR) is 69.7 cm³/mol. The Bertz CT molecular complexity index is 434. The van der Waals surface area contributed by atoms with E-state index in [-0.39, 0.29) is 0 Å². The summed E-state index contributed by atoms with van der Waals surface area (Å²) < 4.78 is 2.05. The third-order valence-corrected chi connectivity index (χ3v) is 2.88. The molecule has 0 saturated carbocycles. The van der Waals surface area contributed by atoms with E-state index in [4.69, 9.17) is 0 Å². The number of benzene rings is 1. The molecule has 3 heteroatoms. The van der Waals surface area contributed by atoms with Crippen molar-refractivity contribution in [3.8, 4) is 0 Å². The molecule has 2 aromatic rings. The van der Waals surface area contributed by atoms with Crippen LogP contribution in [0.4, 0.5) is 0 Å². The van der Waals surface area contributed by atoms with Gasteiger partial charge in [-0.1, -0.05) is 30.3 Å². The Balaban J connectivity index is 1.63. The second kappa shape index (κ2) is 6.21. The molecular formula is C14H19N3. The van der Waals surface area contributed by atoms with Crippen LogP contribution in [0.3, 0.4) is 0 Å². The number of rotatable bonds is 6. The Hall–Kier alpha value is -1.61. The van der Waals surface area contributed by atoms with E-state index in [1.165, 1.54) is 17.7 Å². The molecule has 0 saturated heterocycles. The zero-order chi connectivity index (χ0) is 11.9. The zero-order valence-corrected chi connectivity index (χ0v) is 10.3. The monoisotopic (exact) mass is 229 g/mol. The number of hydrogen-bond donors (Lipinski definition) is 1. The highest BCUT2D eigenvalue weighted by atomic mass is 15.0. The van der Waals surface area contributed by atoms with Crippen molar-refractivity contribution < 1.29 is 0 Å². The van der Waals surface area contributed by atoms with Gasteiger partial charge in [0.1, 0.15) is 0 Å². The van der Waals surface area contributed by atoms with Crippen LogP contribution in [0.1, 0.15) is 17.7 Å². The minimum absolute atomic E-state index is 0.894. The van der Waals surface area contributed by atoms with Crippen molar-refractivity contribution in [3.63, 3.8) is 0 Å². The fraction of sp³-hybridized carbons (Fsp3) is 0.357. The number of hydrogen-bond acceptors (Lipinski definition) is 2. The number of aryl methyl sites for hydroxylation is 2. The van der Waals surface area contributed by atoms with Crippen LogP contribution in [-0.4, -0.2) is 16.1 Å². The molecule has 0 aliphatic heterocycles. The van der Waals surface area contributed by atoms with Gasteiger partial charge in [0.2, 0.25) is 0 Å². The lowest BCUT2D eigenvalue weighted by molar-refractivity contribution is 0.625. The van der Waals surface area contributed by atoms with Crippen LogP contribution in [0, 0.1) is 0 Å². The second-order valence-electron chi connectivity index (χ2n) is 4.26. The lowest BCUT2D eigenvalue weighted by Crippen LogP contribution is -2.17. The summed E-state index contributed by atoms with van der Waals surface area (Å²) >= 11 is 0. The maximum absolute atomic E-state index is 4.09. The Kier molecular flexibility index (Phi) is 4.33. The number of aromatic nitrogens is 2. The molecule has 17 heavy (non-hydrogen) atoms. The van der Waals surface area contributed by atoms with Crippen LogP contribution in [0.25, 0.3) is 0 Å². The van der Waals surface area contributed by atoms with E-state index in [1.54, 1.807) is 0 Å². The molecule has 0 spiro atoms. The largest absolute Gasteiger partial charge is 0.337 e. The van der Waals surface area contributed by atoms with Gasteiger partial charge in [-0.3, -0.25) is 0 Å². The molecule has 1 aromatic heterocycles. The summed E-state index contributed by atoms with van der Waals surface area (Å²) in [7, 11) is 2.02. The summed E-state index contributed by atoms with van der Waals surface area (Å²) in [5.74, 6) is 0. The summed E-state index contributed by atoms with van der Waals surface area (Å²) in [6.07, 6.45) is 6.05. The Morgan fingerprint density at radius 2 is 2.06 bits per heavy atom. The van der Waals surface area contributed by atoms with Crippen LogP contribution >= 0.6 is 0 Å². The summed E-state index contributed by atoms with van der Waals surface area (Å²) in [6.45, 7) is 1.94. The fourth-order valence-corrected chi connectivity index (χ4v) is 1.83. The van der Waals surface area contributed by atoms with Crippen LogP contribution in [0.15, 0.2) is 42.9 Å². The van der Waals surface area contributed by atoms with Crippen molar-refractivity contribution >= 4 is 0 Å². The minimum Gasteiger partial charge on any atom is -0.337 e. The van der Waals surface area contributed by atoms with Gasteiger partial charge < -0.3 is 9.88 Å². The van der Waals surface area contributed by atoms with Crippen molar-refractivity contribution in [2.45, 2.75) is 19.4 Å². The van der Waals surface area contributed by atoms with E-state index in [9.17, 15) is 0 Å². The standard InChI is InChI=1S/C14H19N3/c1-17-12-16-11-14(17)10-15-9-5-8-13-6-3-2-4-7-13/h2-4,6-7,11-12,15H,5,8-10H2,1H3. The molecule has 1 heterocycles. The molecule has 0 amide bonds. The molecule has 3 nitrogen and oxygen atoms in total. The lowest BCUT2D eigenvalue weighted by Gasteiger charge is -2.05. The third kappa shape index (κ3) is 3.71. The SMILES string of the molecule is Cn1cncc1CNCCCc1ccccc1. The van der Waals surface area contributed by atoms with Crippen molar-refractivity contribution in [3.05, 3.63) is 54.1 Å². The third-order valence-electron chi connectivity index (χ3n) is 2.88. The molecule has 0 aliphatic rings. The molecule has 2 rings (SSSR count). The number of imidazole rings is 1. The first-order valence-electron chi connectivity index (χ1n) is 6.06. The quantitative estimate of drug-likeness (QED) is 0.769. The van der Waals surface area contributed by atoms with E-state index in [0.29, 0.717) is 0 Å². The second-order valence-corrected chi connectivity index (χ2v) is 4.26. The summed E-state index contributed by atoms with van der Waals surface area (Å²) in [6, 6.07) is 10.6. The molecule has 90 valence electrons. The van der Waals surface area contributed by atoms with Gasteiger partial charge in [0.05, 0.1) is 12.0 Å². The highest BCUT2D eigenvalue weighted by Gasteiger charge is 1.97. The highest BCUT2D eigenvalue weighted by molar-refractivity contribution is 5.14. The van der Waals surface area contributed by atoms with Crippen LogP contribution < -0.4 is 5.32 Å². The average Bonchev–Trinajstić information content (AvgIpc) is 2.76. The first-order chi connectivity index (χ1) is 8.36. The van der Waals surface area contributed by atoms with E-state index < -0.39 is 0 Å². The average molecular weight is 229 g/mol. The number of nitrogens with one attached hydrogen (secondary N) is 1. The summed E-state index contributed by atoms with van der Waals surface area (Å²) in [5, 5.41) is 3.44. The fourth-order valence-electron chi connectivity index (χ4n) is 1.83. The van der Waals surface area contributed by atoms with E-state index in [0.717, 1.165) is 19.5 Å². The predicted octanol–water partition coefficient (Wildman–Crippen LogP) is 2.14. The van der Waals surface area contributed by atoms with Crippen LogP contribution in [0.5, 0.6) is 0 Å². The van der Waals surface area contributed by atoms with Gasteiger partial charge in [-0.2, -0.15) is 0 Å². The lowest BCUT2D eigenvalue weighted by atomic mass is 10.1. The van der Waals surface area contributed by atoms with Gasteiger partial charge in [-0.15, -0.1) is 0 Å². The molecule has 1 N–H and O–H groups in total. The zero-order valence-electron chi connectivity index (χ0n) is 10.3.